The second kappa shape index (κ2) is 3.03. The van der Waals surface area contributed by atoms with Crippen LogP contribution in [0.5, 0.6) is 0 Å². The Bertz CT molecular complexity index is 240. The quantitative estimate of drug-likeness (QED) is 0.624. The molecule has 1 aromatic rings. The highest BCUT2D eigenvalue weighted by molar-refractivity contribution is 5.25. The molecular weight excluding hydrogens is 148 g/mol. The summed E-state index contributed by atoms with van der Waals surface area (Å²) >= 11 is 0. The van der Waals surface area contributed by atoms with Gasteiger partial charge in [-0.3, -0.25) is 0 Å². The van der Waals surface area contributed by atoms with Crippen molar-refractivity contribution in [3.63, 3.8) is 0 Å². The van der Waals surface area contributed by atoms with Crippen molar-refractivity contribution in [3.05, 3.63) is 23.5 Å². The molecule has 0 saturated carbocycles. The molecule has 1 heterocycles. The molecule has 0 aromatic carbocycles. The Labute approximate surface area is 64.6 Å². The van der Waals surface area contributed by atoms with Gasteiger partial charge < -0.3 is 4.57 Å². The maximum absolute atomic E-state index is 12.2. The molecule has 3 heteroatoms. The third-order valence-corrected chi connectivity index (χ3v) is 1.69. The van der Waals surface area contributed by atoms with Gasteiger partial charge in [0.25, 0.3) is 6.43 Å². The lowest BCUT2D eigenvalue weighted by atomic mass is 10.2. The van der Waals surface area contributed by atoms with E-state index >= 15 is 0 Å². The molecular formula is C8H11F2N. The van der Waals surface area contributed by atoms with Crippen LogP contribution in [-0.4, -0.2) is 4.57 Å². The lowest BCUT2D eigenvalue weighted by Gasteiger charge is -1.96. The Kier molecular flexibility index (Phi) is 2.27. The summed E-state index contributed by atoms with van der Waals surface area (Å²) in [5.41, 5.74) is 0.900. The summed E-state index contributed by atoms with van der Waals surface area (Å²) in [4.78, 5) is 0. The van der Waals surface area contributed by atoms with Crippen molar-refractivity contribution in [2.45, 2.75) is 19.8 Å². The highest BCUT2D eigenvalue weighted by Crippen LogP contribution is 2.23. The summed E-state index contributed by atoms with van der Waals surface area (Å²) in [5.74, 6) is 0. The highest BCUT2D eigenvalue weighted by Gasteiger charge is 2.12. The molecule has 0 radical (unpaired) electrons. The molecule has 0 atom stereocenters. The van der Waals surface area contributed by atoms with Gasteiger partial charge in [-0.25, -0.2) is 8.78 Å². The minimum atomic E-state index is -2.34. The van der Waals surface area contributed by atoms with Crippen LogP contribution in [0.1, 0.15) is 24.5 Å². The van der Waals surface area contributed by atoms with Crippen LogP contribution >= 0.6 is 0 Å². The van der Waals surface area contributed by atoms with Crippen molar-refractivity contribution in [2.24, 2.45) is 7.05 Å². The second-order valence-corrected chi connectivity index (χ2v) is 2.56. The molecule has 0 unspecified atom stereocenters. The number of aryl methyl sites for hydroxylation is 2. The van der Waals surface area contributed by atoms with E-state index in [1.54, 1.807) is 17.8 Å². The molecule has 1 rings (SSSR count). The molecule has 1 aromatic heterocycles. The van der Waals surface area contributed by atoms with Crippen LogP contribution in [0, 0.1) is 0 Å². The molecule has 0 aliphatic carbocycles. The Morgan fingerprint density at radius 2 is 2.09 bits per heavy atom. The first kappa shape index (κ1) is 8.24. The topological polar surface area (TPSA) is 4.93 Å². The van der Waals surface area contributed by atoms with E-state index in [9.17, 15) is 8.78 Å². The average Bonchev–Trinajstić information content (AvgIpc) is 2.30. The predicted molar refractivity (Wildman–Crippen MR) is 39.7 cm³/mol. The van der Waals surface area contributed by atoms with E-state index in [1.807, 2.05) is 6.92 Å². The van der Waals surface area contributed by atoms with Crippen molar-refractivity contribution in [1.29, 1.82) is 0 Å². The Morgan fingerprint density at radius 1 is 1.45 bits per heavy atom. The first-order chi connectivity index (χ1) is 5.15. The first-order valence-corrected chi connectivity index (χ1v) is 3.58. The fraction of sp³-hybridized carbons (Fsp3) is 0.500. The van der Waals surface area contributed by atoms with Gasteiger partial charge in [0.1, 0.15) is 0 Å². The van der Waals surface area contributed by atoms with Gasteiger partial charge in [-0.05, 0) is 12.0 Å². The van der Waals surface area contributed by atoms with E-state index in [-0.39, 0.29) is 5.56 Å². The maximum atomic E-state index is 12.2. The molecule has 0 fully saturated rings. The van der Waals surface area contributed by atoms with Gasteiger partial charge in [0.05, 0.1) is 0 Å². The molecule has 0 saturated heterocycles. The smallest absolute Gasteiger partial charge is 0.265 e. The molecule has 1 nitrogen and oxygen atoms in total. The van der Waals surface area contributed by atoms with Crippen molar-refractivity contribution < 1.29 is 8.78 Å². The normalized spacial score (nSPS) is 11.0. The van der Waals surface area contributed by atoms with Gasteiger partial charge in [-0.1, -0.05) is 6.92 Å². The van der Waals surface area contributed by atoms with Crippen molar-refractivity contribution in [1.82, 2.24) is 4.57 Å². The van der Waals surface area contributed by atoms with Gasteiger partial charge in [-0.15, -0.1) is 0 Å². The number of nitrogens with zero attached hydrogens (tertiary/aromatic N) is 1. The molecule has 0 spiro atoms. The molecule has 0 amide bonds. The van der Waals surface area contributed by atoms with E-state index < -0.39 is 6.43 Å². The lowest BCUT2D eigenvalue weighted by molar-refractivity contribution is 0.150. The fourth-order valence-corrected chi connectivity index (χ4v) is 1.15. The molecule has 62 valence electrons. The predicted octanol–water partition coefficient (Wildman–Crippen LogP) is 2.53. The minimum Gasteiger partial charge on any atom is -0.356 e. The largest absolute Gasteiger partial charge is 0.356 e. The van der Waals surface area contributed by atoms with Crippen LogP contribution in [-0.2, 0) is 13.5 Å². The third-order valence-electron chi connectivity index (χ3n) is 1.69. The number of hydrogen-bond acceptors (Lipinski definition) is 0. The molecule has 11 heavy (non-hydrogen) atoms. The van der Waals surface area contributed by atoms with Crippen LogP contribution in [0.25, 0.3) is 0 Å². The van der Waals surface area contributed by atoms with Crippen LogP contribution in [0.4, 0.5) is 8.78 Å². The Balaban J connectivity index is 3.02. The monoisotopic (exact) mass is 159 g/mol. The summed E-state index contributed by atoms with van der Waals surface area (Å²) in [7, 11) is 1.76. The van der Waals surface area contributed by atoms with Crippen LogP contribution in [0.3, 0.4) is 0 Å². The van der Waals surface area contributed by atoms with E-state index in [2.05, 4.69) is 0 Å². The summed E-state index contributed by atoms with van der Waals surface area (Å²) in [6.45, 7) is 1.88. The second-order valence-electron chi connectivity index (χ2n) is 2.56. The number of alkyl halides is 2. The zero-order valence-electron chi connectivity index (χ0n) is 6.64. The van der Waals surface area contributed by atoms with Gasteiger partial charge >= 0.3 is 0 Å². The molecule has 0 N–H and O–H groups in total. The van der Waals surface area contributed by atoms with E-state index in [0.29, 0.717) is 6.42 Å². The van der Waals surface area contributed by atoms with E-state index in [1.165, 1.54) is 6.20 Å². The zero-order valence-corrected chi connectivity index (χ0v) is 6.64. The average molecular weight is 159 g/mol. The van der Waals surface area contributed by atoms with Gasteiger partial charge in [0, 0.05) is 25.0 Å². The van der Waals surface area contributed by atoms with Gasteiger partial charge in [-0.2, -0.15) is 0 Å². The maximum Gasteiger partial charge on any atom is 0.265 e. The molecule has 0 bridgehead atoms. The number of halogens is 2. The first-order valence-electron chi connectivity index (χ1n) is 3.58. The van der Waals surface area contributed by atoms with Crippen molar-refractivity contribution in [2.75, 3.05) is 0 Å². The lowest BCUT2D eigenvalue weighted by Crippen LogP contribution is -1.86. The number of hydrogen-bond donors (Lipinski definition) is 0. The molecule has 0 aliphatic rings. The summed E-state index contributed by atoms with van der Waals surface area (Å²) in [6, 6.07) is 0. The molecule has 0 aliphatic heterocycles. The summed E-state index contributed by atoms with van der Waals surface area (Å²) in [6.07, 6.45) is 1.54. The zero-order chi connectivity index (χ0) is 8.43. The Hall–Kier alpha value is -0.860. The standard InChI is InChI=1S/C8H11F2N/c1-3-6-4-11(2)5-7(6)8(9)10/h4-5,8H,3H2,1-2H3. The highest BCUT2D eigenvalue weighted by atomic mass is 19.3. The fourth-order valence-electron chi connectivity index (χ4n) is 1.15. The van der Waals surface area contributed by atoms with Crippen molar-refractivity contribution in [3.8, 4) is 0 Å². The van der Waals surface area contributed by atoms with E-state index in [4.69, 9.17) is 0 Å². The van der Waals surface area contributed by atoms with E-state index in [0.717, 1.165) is 5.56 Å². The van der Waals surface area contributed by atoms with Crippen LogP contribution < -0.4 is 0 Å². The number of rotatable bonds is 2. The summed E-state index contributed by atoms with van der Waals surface area (Å²) < 4.78 is 26.1. The third kappa shape index (κ3) is 1.59. The summed E-state index contributed by atoms with van der Waals surface area (Å²) in [5, 5.41) is 0. The van der Waals surface area contributed by atoms with Gasteiger partial charge in [0.15, 0.2) is 0 Å². The number of aromatic nitrogens is 1. The van der Waals surface area contributed by atoms with Gasteiger partial charge in [0.2, 0.25) is 0 Å². The van der Waals surface area contributed by atoms with Crippen LogP contribution in [0.15, 0.2) is 12.4 Å². The minimum absolute atomic E-state index is 0.162. The van der Waals surface area contributed by atoms with Crippen molar-refractivity contribution >= 4 is 0 Å². The van der Waals surface area contributed by atoms with Crippen LogP contribution in [0.2, 0.25) is 0 Å². The Morgan fingerprint density at radius 3 is 2.45 bits per heavy atom. The SMILES string of the molecule is CCc1cn(C)cc1C(F)F.